The van der Waals surface area contributed by atoms with Crippen molar-refractivity contribution in [2.45, 2.75) is 31.8 Å². The van der Waals surface area contributed by atoms with E-state index in [1.807, 2.05) is 0 Å². The van der Waals surface area contributed by atoms with Crippen LogP contribution in [-0.2, 0) is 12.8 Å². The highest BCUT2D eigenvalue weighted by atomic mass is 32.1. The third kappa shape index (κ3) is 2.37. The Hall–Kier alpha value is -2.41. The molecule has 1 aliphatic carbocycles. The number of nitrogens with zero attached hydrogens (tertiary/aromatic N) is 1. The molecule has 1 amide bonds. The molecule has 0 unspecified atom stereocenters. The third-order valence-electron chi connectivity index (χ3n) is 4.36. The summed E-state index contributed by atoms with van der Waals surface area (Å²) in [4.78, 5) is 24.3. The van der Waals surface area contributed by atoms with E-state index in [-0.39, 0.29) is 11.6 Å². The second-order valence-electron chi connectivity index (χ2n) is 5.82. The van der Waals surface area contributed by atoms with Crippen LogP contribution in [0.5, 0.6) is 0 Å². The molecule has 0 spiro atoms. The Morgan fingerprint density at radius 3 is 2.87 bits per heavy atom. The fourth-order valence-corrected chi connectivity index (χ4v) is 4.58. The van der Waals surface area contributed by atoms with Gasteiger partial charge in [0.2, 0.25) is 0 Å². The van der Waals surface area contributed by atoms with Crippen LogP contribution < -0.4 is 10.6 Å². The lowest BCUT2D eigenvalue weighted by molar-refractivity contribution is -0.384. The van der Waals surface area contributed by atoms with Gasteiger partial charge in [0.15, 0.2) is 0 Å². The van der Waals surface area contributed by atoms with E-state index in [2.05, 4.69) is 10.6 Å². The normalized spacial score (nSPS) is 19.3. The number of anilines is 1. The molecule has 0 bridgehead atoms. The van der Waals surface area contributed by atoms with Crippen molar-refractivity contribution in [3.05, 3.63) is 55.9 Å². The number of carbonyl (C=O) groups is 1. The number of amides is 1. The van der Waals surface area contributed by atoms with Crippen molar-refractivity contribution in [3.63, 3.8) is 0 Å². The standard InChI is InChI=1S/C16H15N3O3S/c20-15-13-11-6-1-2-7-12(11)23-16(13)18-14(17-15)9-4-3-5-10(8-9)19(21)22/h3-5,8,14,18H,1-2,6-7H2,(H,17,20)/t14-/m0/s1. The summed E-state index contributed by atoms with van der Waals surface area (Å²) < 4.78 is 0. The lowest BCUT2D eigenvalue weighted by Gasteiger charge is -2.26. The summed E-state index contributed by atoms with van der Waals surface area (Å²) in [6.07, 6.45) is 3.84. The van der Waals surface area contributed by atoms with E-state index in [1.54, 1.807) is 23.5 Å². The molecule has 2 aliphatic rings. The third-order valence-corrected chi connectivity index (χ3v) is 5.59. The molecule has 1 aromatic carbocycles. The Labute approximate surface area is 136 Å². The van der Waals surface area contributed by atoms with Gasteiger partial charge in [0.05, 0.1) is 10.5 Å². The van der Waals surface area contributed by atoms with Crippen LogP contribution >= 0.6 is 11.3 Å². The lowest BCUT2D eigenvalue weighted by atomic mass is 9.94. The Bertz CT molecular complexity index is 815. The number of nitrogens with one attached hydrogen (secondary N) is 2. The SMILES string of the molecule is O=C1N[C@H](c2cccc([N+](=O)[O-])c2)Nc2sc3c(c21)CCCC3. The minimum Gasteiger partial charge on any atom is -0.353 e. The molecule has 0 radical (unpaired) electrons. The van der Waals surface area contributed by atoms with Gasteiger partial charge in [-0.05, 0) is 31.2 Å². The highest BCUT2D eigenvalue weighted by Gasteiger charge is 2.32. The average Bonchev–Trinajstić information content (AvgIpc) is 2.93. The Morgan fingerprint density at radius 2 is 2.04 bits per heavy atom. The molecule has 1 atom stereocenters. The van der Waals surface area contributed by atoms with Gasteiger partial charge in [-0.3, -0.25) is 14.9 Å². The van der Waals surface area contributed by atoms with Crippen molar-refractivity contribution in [2.75, 3.05) is 5.32 Å². The molecule has 0 saturated heterocycles. The van der Waals surface area contributed by atoms with E-state index in [9.17, 15) is 14.9 Å². The summed E-state index contributed by atoms with van der Waals surface area (Å²) in [7, 11) is 0. The summed E-state index contributed by atoms with van der Waals surface area (Å²) in [6, 6.07) is 6.36. The molecule has 1 aromatic heterocycles. The fraction of sp³-hybridized carbons (Fsp3) is 0.312. The molecule has 4 rings (SSSR count). The van der Waals surface area contributed by atoms with E-state index in [1.165, 1.54) is 29.0 Å². The molecule has 118 valence electrons. The zero-order valence-electron chi connectivity index (χ0n) is 12.3. The second kappa shape index (κ2) is 5.34. The number of aryl methyl sites for hydroxylation is 1. The van der Waals surface area contributed by atoms with Gasteiger partial charge in [0.1, 0.15) is 11.2 Å². The van der Waals surface area contributed by atoms with Crippen LogP contribution in [0.2, 0.25) is 0 Å². The number of nitro groups is 1. The maximum absolute atomic E-state index is 12.5. The van der Waals surface area contributed by atoms with Crippen LogP contribution in [0.4, 0.5) is 10.7 Å². The predicted molar refractivity (Wildman–Crippen MR) is 87.9 cm³/mol. The number of nitro benzene ring substituents is 1. The zero-order valence-corrected chi connectivity index (χ0v) is 13.1. The van der Waals surface area contributed by atoms with Crippen molar-refractivity contribution in [1.82, 2.24) is 5.32 Å². The van der Waals surface area contributed by atoms with E-state index in [0.717, 1.165) is 29.8 Å². The fourth-order valence-electron chi connectivity index (χ4n) is 3.26. The largest absolute Gasteiger partial charge is 0.353 e. The van der Waals surface area contributed by atoms with E-state index >= 15 is 0 Å². The number of fused-ring (bicyclic) bond motifs is 3. The molecular formula is C16H15N3O3S. The molecule has 2 aromatic rings. The van der Waals surface area contributed by atoms with E-state index in [4.69, 9.17) is 0 Å². The monoisotopic (exact) mass is 329 g/mol. The minimum absolute atomic E-state index is 0.0230. The summed E-state index contributed by atoms with van der Waals surface area (Å²) in [5, 5.41) is 18.1. The summed E-state index contributed by atoms with van der Waals surface area (Å²) in [5.74, 6) is -0.0883. The molecule has 0 saturated carbocycles. The Balaban J connectivity index is 1.70. The summed E-state index contributed by atoms with van der Waals surface area (Å²) >= 11 is 1.64. The van der Waals surface area contributed by atoms with Crippen LogP contribution in [0.25, 0.3) is 0 Å². The van der Waals surface area contributed by atoms with Crippen LogP contribution in [0.1, 0.15) is 45.4 Å². The zero-order chi connectivity index (χ0) is 16.0. The number of rotatable bonds is 2. The quantitative estimate of drug-likeness (QED) is 0.653. The number of carbonyl (C=O) groups excluding carboxylic acids is 1. The number of thiophene rings is 1. The van der Waals surface area contributed by atoms with Crippen LogP contribution in [0, 0.1) is 10.1 Å². The smallest absolute Gasteiger partial charge is 0.269 e. The Morgan fingerprint density at radius 1 is 1.22 bits per heavy atom. The highest BCUT2D eigenvalue weighted by molar-refractivity contribution is 7.16. The first-order chi connectivity index (χ1) is 11.1. The first kappa shape index (κ1) is 14.2. The average molecular weight is 329 g/mol. The van der Waals surface area contributed by atoms with Gasteiger partial charge in [0.25, 0.3) is 11.6 Å². The minimum atomic E-state index is -0.435. The van der Waals surface area contributed by atoms with Crippen molar-refractivity contribution in [2.24, 2.45) is 0 Å². The van der Waals surface area contributed by atoms with Crippen molar-refractivity contribution in [1.29, 1.82) is 0 Å². The predicted octanol–water partition coefficient (Wildman–Crippen LogP) is 3.39. The van der Waals surface area contributed by atoms with Gasteiger partial charge in [-0.1, -0.05) is 12.1 Å². The molecular weight excluding hydrogens is 314 g/mol. The van der Waals surface area contributed by atoms with Crippen molar-refractivity contribution < 1.29 is 9.72 Å². The topological polar surface area (TPSA) is 84.3 Å². The number of hydrogen-bond acceptors (Lipinski definition) is 5. The van der Waals surface area contributed by atoms with Gasteiger partial charge < -0.3 is 10.6 Å². The molecule has 7 heteroatoms. The van der Waals surface area contributed by atoms with Gasteiger partial charge in [0, 0.05) is 22.6 Å². The molecule has 0 fully saturated rings. The molecule has 23 heavy (non-hydrogen) atoms. The lowest BCUT2D eigenvalue weighted by Crippen LogP contribution is -2.38. The van der Waals surface area contributed by atoms with Gasteiger partial charge in [-0.15, -0.1) is 11.3 Å². The van der Waals surface area contributed by atoms with Crippen molar-refractivity contribution >= 4 is 27.9 Å². The maximum Gasteiger partial charge on any atom is 0.269 e. The highest BCUT2D eigenvalue weighted by Crippen LogP contribution is 2.41. The van der Waals surface area contributed by atoms with E-state index < -0.39 is 11.1 Å². The van der Waals surface area contributed by atoms with Gasteiger partial charge in [-0.2, -0.15) is 0 Å². The first-order valence-corrected chi connectivity index (χ1v) is 8.41. The summed E-state index contributed by atoms with van der Waals surface area (Å²) in [5.41, 5.74) is 2.66. The van der Waals surface area contributed by atoms with Gasteiger partial charge in [-0.25, -0.2) is 0 Å². The second-order valence-corrected chi connectivity index (χ2v) is 6.92. The van der Waals surface area contributed by atoms with Crippen LogP contribution in [0.3, 0.4) is 0 Å². The van der Waals surface area contributed by atoms with E-state index in [0.29, 0.717) is 5.56 Å². The van der Waals surface area contributed by atoms with Crippen LogP contribution in [-0.4, -0.2) is 10.8 Å². The van der Waals surface area contributed by atoms with Crippen LogP contribution in [0.15, 0.2) is 24.3 Å². The molecule has 1 aliphatic heterocycles. The molecule has 6 nitrogen and oxygen atoms in total. The first-order valence-electron chi connectivity index (χ1n) is 7.60. The number of non-ortho nitro benzene ring substituents is 1. The summed E-state index contributed by atoms with van der Waals surface area (Å²) in [6.45, 7) is 0. The molecule has 2 N–H and O–H groups in total. The van der Waals surface area contributed by atoms with Gasteiger partial charge >= 0.3 is 0 Å². The Kier molecular flexibility index (Phi) is 3.30. The number of benzene rings is 1. The maximum atomic E-state index is 12.5. The molecule has 2 heterocycles. The number of hydrogen-bond donors (Lipinski definition) is 2. The van der Waals surface area contributed by atoms with Crippen molar-refractivity contribution in [3.8, 4) is 0 Å².